The van der Waals surface area contributed by atoms with E-state index in [2.05, 4.69) is 33.2 Å². The number of rotatable bonds is 6. The van der Waals surface area contributed by atoms with Crippen molar-refractivity contribution < 1.29 is 9.53 Å². The second-order valence-electron chi connectivity index (χ2n) is 6.86. The van der Waals surface area contributed by atoms with E-state index in [9.17, 15) is 4.79 Å². The fraction of sp³-hybridized carbons (Fsp3) is 0.526. The number of nitrogens with zero attached hydrogens (tertiary/aromatic N) is 3. The topological polar surface area (TPSA) is 67.3 Å². The predicted octanol–water partition coefficient (Wildman–Crippen LogP) is 3.27. The Hall–Kier alpha value is -1.99. The molecular formula is C19H26N4O2S. The van der Waals surface area contributed by atoms with Gasteiger partial charge < -0.3 is 10.1 Å². The third-order valence-corrected chi connectivity index (χ3v) is 5.69. The molecule has 3 rings (SSSR count). The minimum Gasteiger partial charge on any atom is -0.481 e. The van der Waals surface area contributed by atoms with Crippen LogP contribution in [0, 0.1) is 12.8 Å². The van der Waals surface area contributed by atoms with Crippen LogP contribution in [-0.4, -0.2) is 41.0 Å². The number of anilines is 1. The average molecular weight is 375 g/mol. The van der Waals surface area contributed by atoms with Crippen LogP contribution in [0.1, 0.15) is 35.8 Å². The van der Waals surface area contributed by atoms with E-state index in [1.807, 2.05) is 12.4 Å². The fourth-order valence-electron chi connectivity index (χ4n) is 3.56. The van der Waals surface area contributed by atoms with E-state index < -0.39 is 0 Å². The summed E-state index contributed by atoms with van der Waals surface area (Å²) in [6.45, 7) is 6.68. The molecule has 3 heterocycles. The molecule has 6 nitrogen and oxygen atoms in total. The van der Waals surface area contributed by atoms with E-state index in [4.69, 9.17) is 4.74 Å². The van der Waals surface area contributed by atoms with Gasteiger partial charge in [0.25, 0.3) is 0 Å². The van der Waals surface area contributed by atoms with Crippen LogP contribution in [0.5, 0.6) is 5.88 Å². The predicted molar refractivity (Wildman–Crippen MR) is 104 cm³/mol. The molecular weight excluding hydrogens is 348 g/mol. The Labute approximate surface area is 158 Å². The zero-order chi connectivity index (χ0) is 18.5. The van der Waals surface area contributed by atoms with Crippen molar-refractivity contribution in [1.29, 1.82) is 0 Å². The van der Waals surface area contributed by atoms with Gasteiger partial charge in [-0.3, -0.25) is 9.69 Å². The summed E-state index contributed by atoms with van der Waals surface area (Å²) in [6, 6.07) is 2.11. The number of hydrogen-bond donors (Lipinski definition) is 1. The summed E-state index contributed by atoms with van der Waals surface area (Å²) >= 11 is 1.56. The van der Waals surface area contributed by atoms with Crippen LogP contribution < -0.4 is 10.1 Å². The number of nitrogens with one attached hydrogen (secondary N) is 1. The Morgan fingerprint density at radius 1 is 1.46 bits per heavy atom. The molecule has 1 aliphatic rings. The molecule has 26 heavy (non-hydrogen) atoms. The SMILES string of the molecule is COc1nccc(CC2CCCN(Cc3cnc(NC(C)=O)s3)C2)c1C. The molecule has 2 aromatic rings. The first-order valence-corrected chi connectivity index (χ1v) is 9.80. The maximum atomic E-state index is 11.1. The first-order chi connectivity index (χ1) is 12.5. The van der Waals surface area contributed by atoms with Crippen molar-refractivity contribution in [3.63, 3.8) is 0 Å². The van der Waals surface area contributed by atoms with Crippen LogP contribution in [0.15, 0.2) is 18.5 Å². The molecule has 2 aromatic heterocycles. The van der Waals surface area contributed by atoms with Crippen molar-refractivity contribution in [3.8, 4) is 5.88 Å². The van der Waals surface area contributed by atoms with Gasteiger partial charge in [-0.05, 0) is 50.3 Å². The Morgan fingerprint density at radius 3 is 3.08 bits per heavy atom. The van der Waals surface area contributed by atoms with E-state index in [-0.39, 0.29) is 5.91 Å². The molecule has 140 valence electrons. The molecule has 1 amide bonds. The highest BCUT2D eigenvalue weighted by Crippen LogP contribution is 2.27. The lowest BCUT2D eigenvalue weighted by molar-refractivity contribution is -0.114. The number of piperidine rings is 1. The van der Waals surface area contributed by atoms with Gasteiger partial charge in [-0.15, -0.1) is 11.3 Å². The highest BCUT2D eigenvalue weighted by Gasteiger charge is 2.22. The van der Waals surface area contributed by atoms with E-state index in [0.29, 0.717) is 11.0 Å². The summed E-state index contributed by atoms with van der Waals surface area (Å²) < 4.78 is 5.35. The Morgan fingerprint density at radius 2 is 2.31 bits per heavy atom. The lowest BCUT2D eigenvalue weighted by atomic mass is 9.90. The largest absolute Gasteiger partial charge is 0.481 e. The van der Waals surface area contributed by atoms with E-state index in [1.54, 1.807) is 18.4 Å². The molecule has 7 heteroatoms. The number of ether oxygens (including phenoxy) is 1. The lowest BCUT2D eigenvalue weighted by Gasteiger charge is -2.32. The Kier molecular flexibility index (Phi) is 6.21. The number of methoxy groups -OCH3 is 1. The molecule has 0 spiro atoms. The Balaban J connectivity index is 1.59. The Bertz CT molecular complexity index is 762. The van der Waals surface area contributed by atoms with Gasteiger partial charge in [0, 0.05) is 42.8 Å². The number of likely N-dealkylation sites (tertiary alicyclic amines) is 1. The van der Waals surface area contributed by atoms with Crippen LogP contribution in [-0.2, 0) is 17.8 Å². The molecule has 0 radical (unpaired) electrons. The van der Waals surface area contributed by atoms with E-state index in [1.165, 1.54) is 30.2 Å². The summed E-state index contributed by atoms with van der Waals surface area (Å²) in [5.74, 6) is 1.29. The number of carbonyl (C=O) groups is 1. The van der Waals surface area contributed by atoms with Crippen LogP contribution in [0.3, 0.4) is 0 Å². The van der Waals surface area contributed by atoms with E-state index >= 15 is 0 Å². The molecule has 1 aliphatic heterocycles. The van der Waals surface area contributed by atoms with Crippen molar-refractivity contribution in [1.82, 2.24) is 14.9 Å². The molecule has 0 aromatic carbocycles. The third-order valence-electron chi connectivity index (χ3n) is 4.79. The minimum absolute atomic E-state index is 0.0768. The molecule has 1 saturated heterocycles. The second kappa shape index (κ2) is 8.60. The number of amides is 1. The fourth-order valence-corrected chi connectivity index (χ4v) is 4.46. The number of pyridine rings is 1. The maximum Gasteiger partial charge on any atom is 0.223 e. The van der Waals surface area contributed by atoms with Crippen LogP contribution in [0.4, 0.5) is 5.13 Å². The van der Waals surface area contributed by atoms with Crippen molar-refractivity contribution >= 4 is 22.4 Å². The summed E-state index contributed by atoms with van der Waals surface area (Å²) in [5.41, 5.74) is 2.48. The quantitative estimate of drug-likeness (QED) is 0.840. The first-order valence-electron chi connectivity index (χ1n) is 8.98. The molecule has 0 bridgehead atoms. The number of thiazole rings is 1. The molecule has 1 N–H and O–H groups in total. The summed E-state index contributed by atoms with van der Waals surface area (Å²) in [7, 11) is 1.67. The average Bonchev–Trinajstić information content (AvgIpc) is 3.03. The molecule has 1 fully saturated rings. The highest BCUT2D eigenvalue weighted by molar-refractivity contribution is 7.15. The van der Waals surface area contributed by atoms with E-state index in [0.717, 1.165) is 37.5 Å². The molecule has 1 atom stereocenters. The summed E-state index contributed by atoms with van der Waals surface area (Å²) in [4.78, 5) is 23.4. The number of aromatic nitrogens is 2. The van der Waals surface area contributed by atoms with Gasteiger partial charge in [-0.1, -0.05) is 0 Å². The van der Waals surface area contributed by atoms with Crippen LogP contribution >= 0.6 is 11.3 Å². The van der Waals surface area contributed by atoms with Crippen molar-refractivity contribution in [2.45, 2.75) is 39.7 Å². The highest BCUT2D eigenvalue weighted by atomic mass is 32.1. The number of hydrogen-bond acceptors (Lipinski definition) is 6. The lowest BCUT2D eigenvalue weighted by Crippen LogP contribution is -2.35. The van der Waals surface area contributed by atoms with Gasteiger partial charge >= 0.3 is 0 Å². The van der Waals surface area contributed by atoms with Crippen LogP contribution in [0.25, 0.3) is 0 Å². The zero-order valence-corrected chi connectivity index (χ0v) is 16.4. The minimum atomic E-state index is -0.0768. The van der Waals surface area contributed by atoms with Crippen molar-refractivity contribution in [2.75, 3.05) is 25.5 Å². The van der Waals surface area contributed by atoms with Crippen molar-refractivity contribution in [3.05, 3.63) is 34.5 Å². The van der Waals surface area contributed by atoms with Crippen molar-refractivity contribution in [2.24, 2.45) is 5.92 Å². The van der Waals surface area contributed by atoms with Gasteiger partial charge in [0.2, 0.25) is 11.8 Å². The van der Waals surface area contributed by atoms with Gasteiger partial charge in [0.05, 0.1) is 7.11 Å². The normalized spacial score (nSPS) is 17.9. The smallest absolute Gasteiger partial charge is 0.223 e. The number of carbonyl (C=O) groups excluding carboxylic acids is 1. The van der Waals surface area contributed by atoms with Gasteiger partial charge in [0.15, 0.2) is 5.13 Å². The maximum absolute atomic E-state index is 11.1. The summed E-state index contributed by atoms with van der Waals surface area (Å²) in [6.07, 6.45) is 7.23. The monoisotopic (exact) mass is 374 g/mol. The van der Waals surface area contributed by atoms with Crippen LogP contribution in [0.2, 0.25) is 0 Å². The second-order valence-corrected chi connectivity index (χ2v) is 7.98. The summed E-state index contributed by atoms with van der Waals surface area (Å²) in [5, 5.41) is 3.43. The third kappa shape index (κ3) is 4.80. The molecule has 0 aliphatic carbocycles. The first kappa shape index (κ1) is 18.8. The van der Waals surface area contributed by atoms with Gasteiger partial charge in [0.1, 0.15) is 0 Å². The van der Waals surface area contributed by atoms with Gasteiger partial charge in [-0.25, -0.2) is 9.97 Å². The van der Waals surface area contributed by atoms with Gasteiger partial charge in [-0.2, -0.15) is 0 Å². The molecule has 1 unspecified atom stereocenters. The zero-order valence-electron chi connectivity index (χ0n) is 15.6. The standard InChI is InChI=1S/C19H26N4O2S/c1-13-16(6-7-20-18(13)25-3)9-15-5-4-8-23(11-15)12-17-10-21-19(26-17)22-14(2)24/h6-7,10,15H,4-5,8-9,11-12H2,1-3H3,(H,21,22,24). The molecule has 0 saturated carbocycles.